The Hall–Kier alpha value is -2.54. The van der Waals surface area contributed by atoms with E-state index in [1.165, 1.54) is 13.2 Å². The van der Waals surface area contributed by atoms with Crippen molar-refractivity contribution < 1.29 is 23.8 Å². The second kappa shape index (κ2) is 9.08. The minimum atomic E-state index is -0.597. The molecule has 1 aromatic carbocycles. The van der Waals surface area contributed by atoms with Gasteiger partial charge in [-0.2, -0.15) is 0 Å². The number of carbonyl (C=O) groups excluding carboxylic acids is 2. The number of methoxy groups -OCH3 is 1. The highest BCUT2D eigenvalue weighted by Gasteiger charge is 2.15. The summed E-state index contributed by atoms with van der Waals surface area (Å²) in [6, 6.07) is 8.46. The normalized spacial score (nSPS) is 11.5. The highest BCUT2D eigenvalue weighted by molar-refractivity contribution is 7.10. The van der Waals surface area contributed by atoms with Crippen LogP contribution in [-0.2, 0) is 9.53 Å². The first-order chi connectivity index (χ1) is 12.0. The fourth-order valence-electron chi connectivity index (χ4n) is 2.18. The van der Waals surface area contributed by atoms with Crippen LogP contribution in [0.15, 0.2) is 35.7 Å². The van der Waals surface area contributed by atoms with Crippen molar-refractivity contribution in [3.05, 3.63) is 46.2 Å². The lowest BCUT2D eigenvalue weighted by Crippen LogP contribution is -2.30. The van der Waals surface area contributed by atoms with Crippen LogP contribution in [0.5, 0.6) is 11.5 Å². The molecule has 0 aliphatic carbocycles. The molecule has 25 heavy (non-hydrogen) atoms. The Bertz CT molecular complexity index is 714. The molecule has 0 saturated heterocycles. The Morgan fingerprint density at radius 3 is 2.68 bits per heavy atom. The summed E-state index contributed by atoms with van der Waals surface area (Å²) in [5, 5.41) is 4.73. The van der Waals surface area contributed by atoms with E-state index in [2.05, 4.69) is 5.32 Å². The van der Waals surface area contributed by atoms with E-state index in [0.717, 1.165) is 4.88 Å². The number of amides is 1. The summed E-state index contributed by atoms with van der Waals surface area (Å²) in [5.41, 5.74) is 0.291. The molecule has 1 heterocycles. The Balaban J connectivity index is 1.90. The number of esters is 1. The maximum Gasteiger partial charge on any atom is 0.338 e. The molecule has 2 aromatic rings. The van der Waals surface area contributed by atoms with Gasteiger partial charge in [-0.3, -0.25) is 4.79 Å². The van der Waals surface area contributed by atoms with Gasteiger partial charge in [-0.1, -0.05) is 6.07 Å². The Kier molecular flexibility index (Phi) is 6.82. The SMILES string of the molecule is CCOc1ccc(C(=O)OCC(=O)N[C@H](C)c2cccs2)cc1OC. The van der Waals surface area contributed by atoms with Crippen LogP contribution in [-0.4, -0.2) is 32.2 Å². The number of nitrogens with one attached hydrogen (secondary N) is 1. The number of benzene rings is 1. The summed E-state index contributed by atoms with van der Waals surface area (Å²) >= 11 is 1.56. The molecule has 1 amide bonds. The molecule has 0 unspecified atom stereocenters. The monoisotopic (exact) mass is 363 g/mol. The molecule has 0 aliphatic rings. The van der Waals surface area contributed by atoms with Crippen LogP contribution in [0.4, 0.5) is 0 Å². The summed E-state index contributed by atoms with van der Waals surface area (Å²) in [7, 11) is 1.49. The molecule has 0 aliphatic heterocycles. The first-order valence-corrected chi connectivity index (χ1v) is 8.73. The molecular formula is C18H21NO5S. The van der Waals surface area contributed by atoms with Gasteiger partial charge < -0.3 is 19.5 Å². The van der Waals surface area contributed by atoms with E-state index in [1.807, 2.05) is 31.4 Å². The highest BCUT2D eigenvalue weighted by atomic mass is 32.1. The Labute approximate surface area is 150 Å². The predicted molar refractivity (Wildman–Crippen MR) is 95.3 cm³/mol. The van der Waals surface area contributed by atoms with Gasteiger partial charge in [0.25, 0.3) is 5.91 Å². The third-order valence-corrected chi connectivity index (χ3v) is 4.44. The summed E-state index contributed by atoms with van der Waals surface area (Å²) < 4.78 is 15.7. The number of rotatable bonds is 8. The number of ether oxygens (including phenoxy) is 3. The molecule has 1 N–H and O–H groups in total. The molecule has 0 fully saturated rings. The van der Waals surface area contributed by atoms with Gasteiger partial charge in [0.15, 0.2) is 18.1 Å². The fraction of sp³-hybridized carbons (Fsp3) is 0.333. The number of hydrogen-bond acceptors (Lipinski definition) is 6. The Morgan fingerprint density at radius 2 is 2.04 bits per heavy atom. The molecule has 0 bridgehead atoms. The van der Waals surface area contributed by atoms with Crippen molar-refractivity contribution in [3.8, 4) is 11.5 Å². The molecule has 1 atom stereocenters. The largest absolute Gasteiger partial charge is 0.493 e. The topological polar surface area (TPSA) is 73.9 Å². The van der Waals surface area contributed by atoms with E-state index in [1.54, 1.807) is 23.5 Å². The zero-order chi connectivity index (χ0) is 18.2. The first-order valence-electron chi connectivity index (χ1n) is 7.85. The molecule has 0 radical (unpaired) electrons. The van der Waals surface area contributed by atoms with Crippen LogP contribution in [0, 0.1) is 0 Å². The molecule has 134 valence electrons. The second-order valence-electron chi connectivity index (χ2n) is 5.18. The van der Waals surface area contributed by atoms with Crippen LogP contribution in [0.1, 0.15) is 35.1 Å². The van der Waals surface area contributed by atoms with Crippen molar-refractivity contribution in [2.75, 3.05) is 20.3 Å². The maximum atomic E-state index is 12.1. The van der Waals surface area contributed by atoms with Gasteiger partial charge >= 0.3 is 5.97 Å². The van der Waals surface area contributed by atoms with Gasteiger partial charge in [0, 0.05) is 4.88 Å². The maximum absolute atomic E-state index is 12.1. The van der Waals surface area contributed by atoms with Gasteiger partial charge in [-0.15, -0.1) is 11.3 Å². The third-order valence-electron chi connectivity index (χ3n) is 3.38. The second-order valence-corrected chi connectivity index (χ2v) is 6.16. The van der Waals surface area contributed by atoms with Crippen LogP contribution < -0.4 is 14.8 Å². The quantitative estimate of drug-likeness (QED) is 0.729. The lowest BCUT2D eigenvalue weighted by atomic mass is 10.2. The molecular weight excluding hydrogens is 342 g/mol. The number of hydrogen-bond donors (Lipinski definition) is 1. The van der Waals surface area contributed by atoms with Crippen LogP contribution >= 0.6 is 11.3 Å². The summed E-state index contributed by atoms with van der Waals surface area (Å²) in [6.45, 7) is 3.88. The Morgan fingerprint density at radius 1 is 1.24 bits per heavy atom. The van der Waals surface area contributed by atoms with Crippen molar-refractivity contribution >= 4 is 23.2 Å². The molecule has 7 heteroatoms. The van der Waals surface area contributed by atoms with E-state index in [0.29, 0.717) is 23.7 Å². The van der Waals surface area contributed by atoms with Gasteiger partial charge in [0.2, 0.25) is 0 Å². The minimum absolute atomic E-state index is 0.128. The van der Waals surface area contributed by atoms with Gasteiger partial charge in [0.1, 0.15) is 0 Å². The van der Waals surface area contributed by atoms with Crippen molar-refractivity contribution in [3.63, 3.8) is 0 Å². The molecule has 0 saturated carbocycles. The minimum Gasteiger partial charge on any atom is -0.493 e. The summed E-state index contributed by atoms with van der Waals surface area (Å²) in [4.78, 5) is 25.1. The fourth-order valence-corrected chi connectivity index (χ4v) is 2.91. The van der Waals surface area contributed by atoms with Crippen molar-refractivity contribution in [2.24, 2.45) is 0 Å². The van der Waals surface area contributed by atoms with Gasteiger partial charge in [0.05, 0.1) is 25.3 Å². The third kappa shape index (κ3) is 5.22. The average Bonchev–Trinajstić information content (AvgIpc) is 3.15. The van der Waals surface area contributed by atoms with E-state index < -0.39 is 5.97 Å². The first kappa shape index (κ1) is 18.8. The lowest BCUT2D eigenvalue weighted by molar-refractivity contribution is -0.124. The summed E-state index contributed by atoms with van der Waals surface area (Å²) in [5.74, 6) is 0.0311. The number of carbonyl (C=O) groups is 2. The van der Waals surface area contributed by atoms with Crippen molar-refractivity contribution in [2.45, 2.75) is 19.9 Å². The standard InChI is InChI=1S/C18H21NO5S/c1-4-23-14-8-7-13(10-15(14)22-3)18(21)24-11-17(20)19-12(2)16-6-5-9-25-16/h5-10,12H,4,11H2,1-3H3,(H,19,20)/t12-/m1/s1. The van der Waals surface area contributed by atoms with E-state index >= 15 is 0 Å². The van der Waals surface area contributed by atoms with Crippen LogP contribution in [0.25, 0.3) is 0 Å². The highest BCUT2D eigenvalue weighted by Crippen LogP contribution is 2.28. The molecule has 0 spiro atoms. The van der Waals surface area contributed by atoms with Gasteiger partial charge in [-0.05, 0) is 43.5 Å². The average molecular weight is 363 g/mol. The molecule has 2 rings (SSSR count). The van der Waals surface area contributed by atoms with Crippen molar-refractivity contribution in [1.82, 2.24) is 5.32 Å². The van der Waals surface area contributed by atoms with Crippen LogP contribution in [0.3, 0.4) is 0 Å². The van der Waals surface area contributed by atoms with E-state index in [4.69, 9.17) is 14.2 Å². The van der Waals surface area contributed by atoms with E-state index in [-0.39, 0.29) is 18.6 Å². The van der Waals surface area contributed by atoms with E-state index in [9.17, 15) is 9.59 Å². The zero-order valence-corrected chi connectivity index (χ0v) is 15.2. The number of thiophene rings is 1. The van der Waals surface area contributed by atoms with Gasteiger partial charge in [-0.25, -0.2) is 4.79 Å². The van der Waals surface area contributed by atoms with Crippen LogP contribution in [0.2, 0.25) is 0 Å². The molecule has 6 nitrogen and oxygen atoms in total. The van der Waals surface area contributed by atoms with Crippen molar-refractivity contribution in [1.29, 1.82) is 0 Å². The lowest BCUT2D eigenvalue weighted by Gasteiger charge is -2.13. The molecule has 1 aromatic heterocycles. The summed E-state index contributed by atoms with van der Waals surface area (Å²) in [6.07, 6.45) is 0. The smallest absolute Gasteiger partial charge is 0.338 e. The zero-order valence-electron chi connectivity index (χ0n) is 14.4. The predicted octanol–water partition coefficient (Wildman–Crippen LogP) is 3.19.